The van der Waals surface area contributed by atoms with Gasteiger partial charge >= 0.3 is 0 Å². The van der Waals surface area contributed by atoms with Gasteiger partial charge in [0.15, 0.2) is 0 Å². The zero-order valence-corrected chi connectivity index (χ0v) is 8.87. The number of methoxy groups -OCH3 is 1. The molecule has 1 aliphatic heterocycles. The van der Waals surface area contributed by atoms with Crippen molar-refractivity contribution in [2.45, 2.75) is 31.3 Å². The van der Waals surface area contributed by atoms with Gasteiger partial charge in [-0.25, -0.2) is 0 Å². The molecule has 0 spiro atoms. The van der Waals surface area contributed by atoms with Crippen LogP contribution in [0.4, 0.5) is 0 Å². The lowest BCUT2D eigenvalue weighted by Gasteiger charge is -2.27. The SMILES string of the molecule is COCC(CCO)NC1CCCOC1. The van der Waals surface area contributed by atoms with Gasteiger partial charge in [0.25, 0.3) is 0 Å². The Kier molecular flexibility index (Phi) is 6.10. The predicted octanol–water partition coefficient (Wildman–Crippen LogP) is 0.152. The molecule has 1 saturated heterocycles. The Morgan fingerprint density at radius 2 is 2.50 bits per heavy atom. The molecule has 1 rings (SSSR count). The minimum absolute atomic E-state index is 0.203. The van der Waals surface area contributed by atoms with Gasteiger partial charge in [-0.1, -0.05) is 0 Å². The first-order valence-corrected chi connectivity index (χ1v) is 5.30. The number of aliphatic hydroxyl groups is 1. The highest BCUT2D eigenvalue weighted by atomic mass is 16.5. The van der Waals surface area contributed by atoms with E-state index < -0.39 is 0 Å². The van der Waals surface area contributed by atoms with E-state index in [0.717, 1.165) is 32.5 Å². The van der Waals surface area contributed by atoms with Gasteiger partial charge in [0, 0.05) is 32.4 Å². The minimum Gasteiger partial charge on any atom is -0.396 e. The van der Waals surface area contributed by atoms with Crippen LogP contribution < -0.4 is 5.32 Å². The molecule has 0 aromatic rings. The second-order valence-electron chi connectivity index (χ2n) is 3.75. The molecule has 2 atom stereocenters. The van der Waals surface area contributed by atoms with Crippen LogP contribution in [0.15, 0.2) is 0 Å². The van der Waals surface area contributed by atoms with E-state index in [1.807, 2.05) is 0 Å². The maximum Gasteiger partial charge on any atom is 0.0619 e. The summed E-state index contributed by atoms with van der Waals surface area (Å²) in [4.78, 5) is 0. The molecule has 84 valence electrons. The molecule has 0 amide bonds. The third-order valence-corrected chi connectivity index (χ3v) is 2.48. The Morgan fingerprint density at radius 1 is 1.64 bits per heavy atom. The average molecular weight is 203 g/mol. The topological polar surface area (TPSA) is 50.7 Å². The van der Waals surface area contributed by atoms with Crippen LogP contribution in [-0.2, 0) is 9.47 Å². The first-order valence-electron chi connectivity index (χ1n) is 5.30. The van der Waals surface area contributed by atoms with Crippen LogP contribution in [0.2, 0.25) is 0 Å². The highest BCUT2D eigenvalue weighted by Gasteiger charge is 2.17. The van der Waals surface area contributed by atoms with Gasteiger partial charge in [-0.2, -0.15) is 0 Å². The summed E-state index contributed by atoms with van der Waals surface area (Å²) in [6.45, 7) is 2.52. The molecule has 0 bridgehead atoms. The Morgan fingerprint density at radius 3 is 3.07 bits per heavy atom. The summed E-state index contributed by atoms with van der Waals surface area (Å²) >= 11 is 0. The lowest BCUT2D eigenvalue weighted by Crippen LogP contribution is -2.45. The molecule has 14 heavy (non-hydrogen) atoms. The summed E-state index contributed by atoms with van der Waals surface area (Å²) in [6.07, 6.45) is 3.02. The Hall–Kier alpha value is -0.160. The fourth-order valence-corrected chi connectivity index (χ4v) is 1.78. The second-order valence-corrected chi connectivity index (χ2v) is 3.75. The Bertz CT molecular complexity index is 131. The number of hydrogen-bond donors (Lipinski definition) is 2. The van der Waals surface area contributed by atoms with E-state index in [1.165, 1.54) is 0 Å². The molecule has 4 heteroatoms. The fourth-order valence-electron chi connectivity index (χ4n) is 1.78. The normalized spacial score (nSPS) is 24.9. The largest absolute Gasteiger partial charge is 0.396 e. The van der Waals surface area contributed by atoms with E-state index in [1.54, 1.807) is 7.11 Å². The molecule has 0 aliphatic carbocycles. The lowest BCUT2D eigenvalue weighted by atomic mass is 10.1. The summed E-state index contributed by atoms with van der Waals surface area (Å²) in [5.74, 6) is 0. The minimum atomic E-state index is 0.203. The van der Waals surface area contributed by atoms with E-state index >= 15 is 0 Å². The average Bonchev–Trinajstić information content (AvgIpc) is 2.20. The molecule has 0 radical (unpaired) electrons. The van der Waals surface area contributed by atoms with Crippen LogP contribution in [-0.4, -0.2) is 50.7 Å². The Labute approximate surface area is 85.6 Å². The number of rotatable bonds is 6. The molecule has 0 aromatic heterocycles. The van der Waals surface area contributed by atoms with E-state index in [2.05, 4.69) is 5.32 Å². The molecule has 1 aliphatic rings. The van der Waals surface area contributed by atoms with Crippen molar-refractivity contribution < 1.29 is 14.6 Å². The highest BCUT2D eigenvalue weighted by Crippen LogP contribution is 2.07. The standard InChI is InChI=1S/C10H21NO3/c1-13-7-10(4-5-12)11-9-3-2-6-14-8-9/h9-12H,2-8H2,1H3. The van der Waals surface area contributed by atoms with Crippen molar-refractivity contribution in [2.75, 3.05) is 33.5 Å². The molecule has 1 heterocycles. The van der Waals surface area contributed by atoms with E-state index in [9.17, 15) is 0 Å². The fraction of sp³-hybridized carbons (Fsp3) is 1.00. The zero-order valence-electron chi connectivity index (χ0n) is 8.87. The summed E-state index contributed by atoms with van der Waals surface area (Å²) < 4.78 is 10.5. The van der Waals surface area contributed by atoms with Crippen molar-refractivity contribution in [1.29, 1.82) is 0 Å². The summed E-state index contributed by atoms with van der Waals surface area (Å²) in [7, 11) is 1.68. The van der Waals surface area contributed by atoms with Crippen LogP contribution in [0.3, 0.4) is 0 Å². The van der Waals surface area contributed by atoms with E-state index in [0.29, 0.717) is 12.6 Å². The van der Waals surface area contributed by atoms with Crippen LogP contribution in [0.1, 0.15) is 19.3 Å². The maximum atomic E-state index is 8.87. The van der Waals surface area contributed by atoms with Gasteiger partial charge < -0.3 is 19.9 Å². The van der Waals surface area contributed by atoms with Crippen LogP contribution in [0.5, 0.6) is 0 Å². The van der Waals surface area contributed by atoms with Crippen molar-refractivity contribution in [3.63, 3.8) is 0 Å². The molecule has 4 nitrogen and oxygen atoms in total. The van der Waals surface area contributed by atoms with Crippen molar-refractivity contribution in [3.05, 3.63) is 0 Å². The number of hydrogen-bond acceptors (Lipinski definition) is 4. The molecular weight excluding hydrogens is 182 g/mol. The third-order valence-electron chi connectivity index (χ3n) is 2.48. The van der Waals surface area contributed by atoms with Crippen molar-refractivity contribution in [3.8, 4) is 0 Å². The Balaban J connectivity index is 2.21. The van der Waals surface area contributed by atoms with Gasteiger partial charge in [-0.05, 0) is 19.3 Å². The predicted molar refractivity (Wildman–Crippen MR) is 54.3 cm³/mol. The summed E-state index contributed by atoms with van der Waals surface area (Å²) in [5, 5.41) is 12.3. The quantitative estimate of drug-likeness (QED) is 0.645. The first kappa shape index (κ1) is 11.9. The molecule has 2 unspecified atom stereocenters. The maximum absolute atomic E-state index is 8.87. The third kappa shape index (κ3) is 4.37. The van der Waals surface area contributed by atoms with Crippen LogP contribution in [0.25, 0.3) is 0 Å². The van der Waals surface area contributed by atoms with Gasteiger partial charge in [0.05, 0.1) is 13.2 Å². The molecule has 0 saturated carbocycles. The van der Waals surface area contributed by atoms with Gasteiger partial charge in [0.2, 0.25) is 0 Å². The molecule has 1 fully saturated rings. The van der Waals surface area contributed by atoms with Crippen LogP contribution >= 0.6 is 0 Å². The zero-order chi connectivity index (χ0) is 10.2. The summed E-state index contributed by atoms with van der Waals surface area (Å²) in [6, 6.07) is 0.673. The molecule has 0 aromatic carbocycles. The first-order chi connectivity index (χ1) is 6.86. The van der Waals surface area contributed by atoms with Crippen molar-refractivity contribution >= 4 is 0 Å². The smallest absolute Gasteiger partial charge is 0.0619 e. The van der Waals surface area contributed by atoms with Gasteiger partial charge in [0.1, 0.15) is 0 Å². The highest BCUT2D eigenvalue weighted by molar-refractivity contribution is 4.76. The second kappa shape index (κ2) is 7.17. The molecule has 2 N–H and O–H groups in total. The van der Waals surface area contributed by atoms with E-state index in [-0.39, 0.29) is 12.6 Å². The lowest BCUT2D eigenvalue weighted by molar-refractivity contribution is 0.0565. The number of aliphatic hydroxyl groups excluding tert-OH is 1. The van der Waals surface area contributed by atoms with Crippen LogP contribution in [0, 0.1) is 0 Å². The van der Waals surface area contributed by atoms with Crippen molar-refractivity contribution in [1.82, 2.24) is 5.32 Å². The molecular formula is C10H21NO3. The van der Waals surface area contributed by atoms with Crippen molar-refractivity contribution in [2.24, 2.45) is 0 Å². The number of nitrogens with one attached hydrogen (secondary N) is 1. The summed E-state index contributed by atoms with van der Waals surface area (Å²) in [5.41, 5.74) is 0. The number of ether oxygens (including phenoxy) is 2. The van der Waals surface area contributed by atoms with Gasteiger partial charge in [-0.3, -0.25) is 0 Å². The van der Waals surface area contributed by atoms with Gasteiger partial charge in [-0.15, -0.1) is 0 Å². The monoisotopic (exact) mass is 203 g/mol. The van der Waals surface area contributed by atoms with E-state index in [4.69, 9.17) is 14.6 Å².